The number of carbonyl (C=O) groups excluding carboxylic acids is 1. The second-order valence-electron chi connectivity index (χ2n) is 7.29. The zero-order valence-electron chi connectivity index (χ0n) is 15.2. The van der Waals surface area contributed by atoms with Crippen LogP contribution in [0.1, 0.15) is 35.4 Å². The number of rotatable bonds is 4. The Bertz CT molecular complexity index is 807. The topological polar surface area (TPSA) is 47.4 Å². The average molecular weight is 339 g/mol. The lowest BCUT2D eigenvalue weighted by Crippen LogP contribution is -2.41. The van der Waals surface area contributed by atoms with E-state index in [1.807, 2.05) is 36.9 Å². The third-order valence-electron chi connectivity index (χ3n) is 5.49. The molecule has 2 aromatic rings. The van der Waals surface area contributed by atoms with E-state index in [2.05, 4.69) is 23.0 Å². The molecule has 1 aromatic heterocycles. The van der Waals surface area contributed by atoms with Crippen LogP contribution >= 0.6 is 0 Å². The van der Waals surface area contributed by atoms with E-state index in [1.165, 1.54) is 5.56 Å². The fourth-order valence-corrected chi connectivity index (χ4v) is 3.71. The molecule has 0 N–H and O–H groups in total. The number of carbonyl (C=O) groups is 1. The van der Waals surface area contributed by atoms with E-state index >= 15 is 0 Å². The molecule has 4 rings (SSSR count). The summed E-state index contributed by atoms with van der Waals surface area (Å²) in [6, 6.07) is 8.41. The first-order valence-electron chi connectivity index (χ1n) is 9.05. The molecule has 1 aliphatic carbocycles. The van der Waals surface area contributed by atoms with Crippen molar-refractivity contribution in [2.24, 2.45) is 13.0 Å². The Morgan fingerprint density at radius 1 is 1.32 bits per heavy atom. The van der Waals surface area contributed by atoms with Gasteiger partial charge in [-0.2, -0.15) is 5.10 Å². The zero-order chi connectivity index (χ0) is 17.6. The van der Waals surface area contributed by atoms with Gasteiger partial charge in [-0.25, -0.2) is 0 Å². The standard InChI is InChI=1S/C20H25N3O2/c1-13-18(14(2)22(3)21-13)11-23(17-8-9-17)20(24)16-10-15-6-4-5-7-19(15)25-12-16/h4-7,16-17H,8-12H2,1-3H3. The number of hydrogen-bond donors (Lipinski definition) is 0. The Kier molecular flexibility index (Phi) is 4.02. The minimum Gasteiger partial charge on any atom is -0.492 e. The number of ether oxygens (including phenoxy) is 1. The van der Waals surface area contributed by atoms with Crippen molar-refractivity contribution < 1.29 is 9.53 Å². The first-order valence-corrected chi connectivity index (χ1v) is 9.05. The Hall–Kier alpha value is -2.30. The summed E-state index contributed by atoms with van der Waals surface area (Å²) in [6.07, 6.45) is 2.98. The number of benzene rings is 1. The van der Waals surface area contributed by atoms with Gasteiger partial charge in [-0.1, -0.05) is 18.2 Å². The number of hydrogen-bond acceptors (Lipinski definition) is 3. The Labute approximate surface area is 148 Å². The van der Waals surface area contributed by atoms with Gasteiger partial charge in [-0.15, -0.1) is 0 Å². The van der Waals surface area contributed by atoms with Gasteiger partial charge in [0.05, 0.1) is 11.6 Å². The molecule has 0 bridgehead atoms. The van der Waals surface area contributed by atoms with Crippen molar-refractivity contribution in [2.45, 2.75) is 45.7 Å². The van der Waals surface area contributed by atoms with Gasteiger partial charge in [0.15, 0.2) is 0 Å². The third kappa shape index (κ3) is 3.03. The van der Waals surface area contributed by atoms with Gasteiger partial charge in [0, 0.05) is 30.9 Å². The lowest BCUT2D eigenvalue weighted by Gasteiger charge is -2.30. The molecule has 1 amide bonds. The molecule has 132 valence electrons. The molecule has 5 heteroatoms. The van der Waals surface area contributed by atoms with Crippen LogP contribution in [0.5, 0.6) is 5.75 Å². The van der Waals surface area contributed by atoms with Crippen LogP contribution < -0.4 is 4.74 Å². The third-order valence-corrected chi connectivity index (χ3v) is 5.49. The van der Waals surface area contributed by atoms with Gasteiger partial charge in [0.25, 0.3) is 0 Å². The highest BCUT2D eigenvalue weighted by atomic mass is 16.5. The van der Waals surface area contributed by atoms with E-state index in [0.29, 0.717) is 19.2 Å². The summed E-state index contributed by atoms with van der Waals surface area (Å²) in [5.41, 5.74) is 4.47. The van der Waals surface area contributed by atoms with Gasteiger partial charge in [0.1, 0.15) is 12.4 Å². The van der Waals surface area contributed by atoms with Crippen molar-refractivity contribution in [3.05, 3.63) is 46.8 Å². The fourth-order valence-electron chi connectivity index (χ4n) is 3.71. The molecule has 0 radical (unpaired) electrons. The first-order chi connectivity index (χ1) is 12.0. The van der Waals surface area contributed by atoms with Crippen LogP contribution in [-0.2, 0) is 24.8 Å². The predicted octanol–water partition coefficient (Wildman–Crippen LogP) is 2.78. The molecule has 1 unspecified atom stereocenters. The SMILES string of the molecule is Cc1nn(C)c(C)c1CN(C(=O)C1COc2ccccc2C1)C1CC1. The number of aromatic nitrogens is 2. The van der Waals surface area contributed by atoms with Crippen molar-refractivity contribution >= 4 is 5.91 Å². The summed E-state index contributed by atoms with van der Waals surface area (Å²) >= 11 is 0. The molecule has 1 saturated carbocycles. The minimum absolute atomic E-state index is 0.0900. The van der Waals surface area contributed by atoms with Crippen LogP contribution in [0.4, 0.5) is 0 Å². The second kappa shape index (κ2) is 6.21. The van der Waals surface area contributed by atoms with Crippen molar-refractivity contribution in [2.75, 3.05) is 6.61 Å². The van der Waals surface area contributed by atoms with Crippen LogP contribution in [0.15, 0.2) is 24.3 Å². The predicted molar refractivity (Wildman–Crippen MR) is 95.4 cm³/mol. The molecule has 0 spiro atoms. The summed E-state index contributed by atoms with van der Waals surface area (Å²) in [5, 5.41) is 4.50. The maximum Gasteiger partial charge on any atom is 0.230 e. The summed E-state index contributed by atoms with van der Waals surface area (Å²) in [7, 11) is 1.96. The van der Waals surface area contributed by atoms with E-state index in [-0.39, 0.29) is 11.8 Å². The first kappa shape index (κ1) is 16.2. The molecule has 25 heavy (non-hydrogen) atoms. The fraction of sp³-hybridized carbons (Fsp3) is 0.500. The van der Waals surface area contributed by atoms with Crippen LogP contribution in [0, 0.1) is 19.8 Å². The molecule has 1 aliphatic heterocycles. The quantitative estimate of drug-likeness (QED) is 0.860. The number of para-hydroxylation sites is 1. The number of nitrogens with zero attached hydrogens (tertiary/aromatic N) is 3. The largest absolute Gasteiger partial charge is 0.492 e. The van der Waals surface area contributed by atoms with Crippen molar-refractivity contribution in [1.29, 1.82) is 0 Å². The van der Waals surface area contributed by atoms with E-state index in [0.717, 1.165) is 42.0 Å². The number of amides is 1. The number of fused-ring (bicyclic) bond motifs is 1. The molecule has 2 aliphatic rings. The Morgan fingerprint density at radius 3 is 2.76 bits per heavy atom. The summed E-state index contributed by atoms with van der Waals surface area (Å²) in [6.45, 7) is 5.24. The highest BCUT2D eigenvalue weighted by Crippen LogP contribution is 2.33. The maximum absolute atomic E-state index is 13.2. The van der Waals surface area contributed by atoms with E-state index < -0.39 is 0 Å². The van der Waals surface area contributed by atoms with Crippen molar-refractivity contribution in [1.82, 2.24) is 14.7 Å². The molecular formula is C20H25N3O2. The van der Waals surface area contributed by atoms with Crippen LogP contribution in [0.25, 0.3) is 0 Å². The van der Waals surface area contributed by atoms with Gasteiger partial charge in [-0.05, 0) is 44.7 Å². The number of aryl methyl sites for hydroxylation is 2. The average Bonchev–Trinajstić information content (AvgIpc) is 3.42. The molecule has 1 atom stereocenters. The Morgan fingerprint density at radius 2 is 2.08 bits per heavy atom. The second-order valence-corrected chi connectivity index (χ2v) is 7.29. The van der Waals surface area contributed by atoms with E-state index in [9.17, 15) is 4.79 Å². The molecule has 1 fully saturated rings. The lowest BCUT2D eigenvalue weighted by atomic mass is 9.95. The van der Waals surface area contributed by atoms with Crippen LogP contribution in [-0.4, -0.2) is 33.2 Å². The van der Waals surface area contributed by atoms with Crippen LogP contribution in [0.3, 0.4) is 0 Å². The van der Waals surface area contributed by atoms with Crippen molar-refractivity contribution in [3.8, 4) is 5.75 Å². The maximum atomic E-state index is 13.2. The van der Waals surface area contributed by atoms with Gasteiger partial charge >= 0.3 is 0 Å². The summed E-state index contributed by atoms with van der Waals surface area (Å²) in [4.78, 5) is 15.3. The van der Waals surface area contributed by atoms with Gasteiger partial charge < -0.3 is 9.64 Å². The molecule has 1 aromatic carbocycles. The smallest absolute Gasteiger partial charge is 0.230 e. The van der Waals surface area contributed by atoms with E-state index in [4.69, 9.17) is 4.74 Å². The molecule has 2 heterocycles. The summed E-state index contributed by atoms with van der Waals surface area (Å²) < 4.78 is 7.75. The molecular weight excluding hydrogens is 314 g/mol. The highest BCUT2D eigenvalue weighted by molar-refractivity contribution is 5.80. The van der Waals surface area contributed by atoms with Crippen molar-refractivity contribution in [3.63, 3.8) is 0 Å². The monoisotopic (exact) mass is 339 g/mol. The van der Waals surface area contributed by atoms with E-state index in [1.54, 1.807) is 0 Å². The zero-order valence-corrected chi connectivity index (χ0v) is 15.2. The lowest BCUT2D eigenvalue weighted by molar-refractivity contribution is -0.138. The van der Waals surface area contributed by atoms with Gasteiger partial charge in [-0.3, -0.25) is 9.48 Å². The molecule has 0 saturated heterocycles. The van der Waals surface area contributed by atoms with Crippen LogP contribution in [0.2, 0.25) is 0 Å². The Balaban J connectivity index is 1.54. The highest BCUT2D eigenvalue weighted by Gasteiger charge is 2.38. The minimum atomic E-state index is -0.0900. The normalized spacial score (nSPS) is 19.2. The molecule has 5 nitrogen and oxygen atoms in total. The summed E-state index contributed by atoms with van der Waals surface area (Å²) in [5.74, 6) is 1.05. The van der Waals surface area contributed by atoms with Gasteiger partial charge in [0.2, 0.25) is 5.91 Å².